The topological polar surface area (TPSA) is 82.0 Å². The molecule has 0 heterocycles. The maximum atomic E-state index is 11.8. The van der Waals surface area contributed by atoms with Crippen LogP contribution in [-0.4, -0.2) is 25.4 Å². The van der Waals surface area contributed by atoms with Crippen LogP contribution in [0.5, 0.6) is 0 Å². The monoisotopic (exact) mass is 245 g/mol. The van der Waals surface area contributed by atoms with E-state index in [1.807, 2.05) is 12.1 Å². The van der Waals surface area contributed by atoms with Crippen LogP contribution in [0, 0.1) is 11.3 Å². The number of hydrogen-bond donors (Lipinski definition) is 2. The standard InChI is InChI=1S/C13H15N3O2/c1-15-12(17)7-8-16-13(18)11(9-14)10-5-3-2-4-6-10/h2-6,11H,7-8H2,1H3,(H,15,17)(H,16,18). The second-order valence-electron chi connectivity index (χ2n) is 3.69. The largest absolute Gasteiger partial charge is 0.359 e. The number of nitriles is 1. The minimum atomic E-state index is -0.837. The lowest BCUT2D eigenvalue weighted by Gasteiger charge is -2.10. The highest BCUT2D eigenvalue weighted by Gasteiger charge is 2.19. The first-order valence-corrected chi connectivity index (χ1v) is 5.62. The maximum absolute atomic E-state index is 11.8. The van der Waals surface area contributed by atoms with Crippen LogP contribution in [0.3, 0.4) is 0 Å². The van der Waals surface area contributed by atoms with Crippen molar-refractivity contribution in [2.45, 2.75) is 12.3 Å². The fraction of sp³-hybridized carbons (Fsp3) is 0.308. The third-order valence-electron chi connectivity index (χ3n) is 2.45. The van der Waals surface area contributed by atoms with Crippen molar-refractivity contribution >= 4 is 11.8 Å². The van der Waals surface area contributed by atoms with Gasteiger partial charge in [-0.2, -0.15) is 5.26 Å². The third kappa shape index (κ3) is 3.91. The number of hydrogen-bond acceptors (Lipinski definition) is 3. The van der Waals surface area contributed by atoms with Crippen molar-refractivity contribution in [3.63, 3.8) is 0 Å². The summed E-state index contributed by atoms with van der Waals surface area (Å²) in [6.45, 7) is 0.226. The number of benzene rings is 1. The molecule has 18 heavy (non-hydrogen) atoms. The van der Waals surface area contributed by atoms with E-state index >= 15 is 0 Å². The summed E-state index contributed by atoms with van der Waals surface area (Å²) in [7, 11) is 1.53. The van der Waals surface area contributed by atoms with Gasteiger partial charge in [-0.25, -0.2) is 0 Å². The van der Waals surface area contributed by atoms with Crippen molar-refractivity contribution in [2.75, 3.05) is 13.6 Å². The van der Waals surface area contributed by atoms with Crippen molar-refractivity contribution in [3.05, 3.63) is 35.9 Å². The third-order valence-corrected chi connectivity index (χ3v) is 2.45. The van der Waals surface area contributed by atoms with Gasteiger partial charge < -0.3 is 10.6 Å². The quantitative estimate of drug-likeness (QED) is 0.794. The molecule has 2 N–H and O–H groups in total. The number of rotatable bonds is 5. The molecule has 0 aliphatic carbocycles. The van der Waals surface area contributed by atoms with Gasteiger partial charge in [-0.1, -0.05) is 30.3 Å². The van der Waals surface area contributed by atoms with Gasteiger partial charge in [-0.05, 0) is 5.56 Å². The Morgan fingerprint density at radius 2 is 2.00 bits per heavy atom. The van der Waals surface area contributed by atoms with Crippen molar-refractivity contribution in [1.29, 1.82) is 5.26 Å². The summed E-state index contributed by atoms with van der Waals surface area (Å²) in [6.07, 6.45) is 0.204. The second kappa shape index (κ2) is 7.07. The number of nitrogens with one attached hydrogen (secondary N) is 2. The molecule has 0 spiro atoms. The molecule has 94 valence electrons. The average molecular weight is 245 g/mol. The first-order chi connectivity index (χ1) is 8.69. The minimum absolute atomic E-state index is 0.150. The summed E-state index contributed by atoms with van der Waals surface area (Å²) in [4.78, 5) is 22.8. The van der Waals surface area contributed by atoms with E-state index in [0.717, 1.165) is 0 Å². The maximum Gasteiger partial charge on any atom is 0.241 e. The molecule has 0 bridgehead atoms. The molecule has 1 aromatic carbocycles. The molecule has 0 radical (unpaired) electrons. The molecule has 0 fully saturated rings. The van der Waals surface area contributed by atoms with Crippen LogP contribution in [0.15, 0.2) is 30.3 Å². The number of carbonyl (C=O) groups excluding carboxylic acids is 2. The van der Waals surface area contributed by atoms with Crippen LogP contribution in [0.4, 0.5) is 0 Å². The highest BCUT2D eigenvalue weighted by Crippen LogP contribution is 2.14. The van der Waals surface area contributed by atoms with Crippen LogP contribution in [0.2, 0.25) is 0 Å². The summed E-state index contributed by atoms with van der Waals surface area (Å²) >= 11 is 0. The lowest BCUT2D eigenvalue weighted by molar-refractivity contribution is -0.122. The fourth-order valence-corrected chi connectivity index (χ4v) is 1.46. The van der Waals surface area contributed by atoms with Gasteiger partial charge in [0, 0.05) is 20.0 Å². The highest BCUT2D eigenvalue weighted by atomic mass is 16.2. The molecule has 1 rings (SSSR count). The predicted molar refractivity (Wildman–Crippen MR) is 66.5 cm³/mol. The average Bonchev–Trinajstić information content (AvgIpc) is 2.40. The fourth-order valence-electron chi connectivity index (χ4n) is 1.46. The molecule has 0 saturated carbocycles. The molecule has 0 saturated heterocycles. The Bertz CT molecular complexity index is 451. The van der Waals surface area contributed by atoms with Crippen molar-refractivity contribution < 1.29 is 9.59 Å². The Morgan fingerprint density at radius 3 is 2.56 bits per heavy atom. The first-order valence-electron chi connectivity index (χ1n) is 5.62. The summed E-state index contributed by atoms with van der Waals surface area (Å²) in [5, 5.41) is 14.0. The first kappa shape index (κ1) is 13.7. The van der Waals surface area contributed by atoms with Gasteiger partial charge in [0.1, 0.15) is 5.92 Å². The summed E-state index contributed by atoms with van der Waals surface area (Å²) in [5.41, 5.74) is 0.650. The molecule has 1 atom stereocenters. The van der Waals surface area contributed by atoms with Gasteiger partial charge in [0.25, 0.3) is 0 Å². The van der Waals surface area contributed by atoms with Crippen molar-refractivity contribution in [2.24, 2.45) is 0 Å². The zero-order valence-corrected chi connectivity index (χ0v) is 10.1. The molecule has 5 nitrogen and oxygen atoms in total. The molecule has 0 aromatic heterocycles. The van der Waals surface area contributed by atoms with Crippen LogP contribution < -0.4 is 10.6 Å². The Kier molecular flexibility index (Phi) is 5.39. The van der Waals surface area contributed by atoms with Crippen molar-refractivity contribution in [3.8, 4) is 6.07 Å². The molecule has 2 amide bonds. The van der Waals surface area contributed by atoms with Gasteiger partial charge in [-0.3, -0.25) is 9.59 Å². The number of carbonyl (C=O) groups is 2. The molecule has 5 heteroatoms. The van der Waals surface area contributed by atoms with Crippen LogP contribution >= 0.6 is 0 Å². The Labute approximate surface area is 106 Å². The lowest BCUT2D eigenvalue weighted by Crippen LogP contribution is -2.32. The van der Waals surface area contributed by atoms with Gasteiger partial charge >= 0.3 is 0 Å². The number of amides is 2. The summed E-state index contributed by atoms with van der Waals surface area (Å²) in [5.74, 6) is -1.37. The van der Waals surface area contributed by atoms with E-state index in [9.17, 15) is 9.59 Å². The predicted octanol–water partition coefficient (Wildman–Crippen LogP) is 0.546. The minimum Gasteiger partial charge on any atom is -0.359 e. The van der Waals surface area contributed by atoms with E-state index in [1.165, 1.54) is 7.05 Å². The van der Waals surface area contributed by atoms with E-state index in [0.29, 0.717) is 5.56 Å². The van der Waals surface area contributed by atoms with Crippen molar-refractivity contribution in [1.82, 2.24) is 10.6 Å². The molecular formula is C13H15N3O2. The highest BCUT2D eigenvalue weighted by molar-refractivity contribution is 5.86. The van der Waals surface area contributed by atoms with E-state index in [4.69, 9.17) is 5.26 Å². The number of nitrogens with zero attached hydrogens (tertiary/aromatic N) is 1. The van der Waals surface area contributed by atoms with Crippen LogP contribution in [0.1, 0.15) is 17.9 Å². The summed E-state index contributed by atoms with van der Waals surface area (Å²) < 4.78 is 0. The van der Waals surface area contributed by atoms with Crippen LogP contribution in [-0.2, 0) is 9.59 Å². The molecule has 0 aliphatic heterocycles. The summed E-state index contributed by atoms with van der Waals surface area (Å²) in [6, 6.07) is 10.8. The Morgan fingerprint density at radius 1 is 1.33 bits per heavy atom. The molecule has 0 aliphatic rings. The van der Waals surface area contributed by atoms with Gasteiger partial charge in [0.2, 0.25) is 11.8 Å². The zero-order chi connectivity index (χ0) is 13.4. The Hall–Kier alpha value is -2.35. The SMILES string of the molecule is CNC(=O)CCNC(=O)C(C#N)c1ccccc1. The molecular weight excluding hydrogens is 230 g/mol. The van der Waals surface area contributed by atoms with Gasteiger partial charge in [-0.15, -0.1) is 0 Å². The van der Waals surface area contributed by atoms with E-state index in [2.05, 4.69) is 10.6 Å². The Balaban J connectivity index is 2.54. The van der Waals surface area contributed by atoms with E-state index < -0.39 is 5.92 Å². The molecule has 1 aromatic rings. The van der Waals surface area contributed by atoms with E-state index in [1.54, 1.807) is 24.3 Å². The zero-order valence-electron chi connectivity index (χ0n) is 10.1. The normalized spacial score (nSPS) is 11.1. The van der Waals surface area contributed by atoms with E-state index in [-0.39, 0.29) is 24.8 Å². The van der Waals surface area contributed by atoms with Crippen LogP contribution in [0.25, 0.3) is 0 Å². The van der Waals surface area contributed by atoms with Gasteiger partial charge in [0.15, 0.2) is 0 Å². The lowest BCUT2D eigenvalue weighted by atomic mass is 10.00. The smallest absolute Gasteiger partial charge is 0.241 e. The molecule has 1 unspecified atom stereocenters. The van der Waals surface area contributed by atoms with Gasteiger partial charge in [0.05, 0.1) is 6.07 Å². The second-order valence-corrected chi connectivity index (χ2v) is 3.69.